The van der Waals surface area contributed by atoms with Gasteiger partial charge in [-0.25, -0.2) is 22.8 Å². The van der Waals surface area contributed by atoms with Gasteiger partial charge in [-0.05, 0) is 48.9 Å². The second kappa shape index (κ2) is 10.3. The molecule has 0 radical (unpaired) electrons. The number of hydrogen-bond donors (Lipinski definition) is 1. The summed E-state index contributed by atoms with van der Waals surface area (Å²) in [6.07, 6.45) is 0. The number of para-hydroxylation sites is 1. The van der Waals surface area contributed by atoms with Crippen LogP contribution in [-0.4, -0.2) is 53.8 Å². The molecule has 1 fully saturated rings. The fourth-order valence-corrected chi connectivity index (χ4v) is 5.87. The van der Waals surface area contributed by atoms with Crippen LogP contribution in [0.4, 0.5) is 10.2 Å². The van der Waals surface area contributed by atoms with Gasteiger partial charge in [0, 0.05) is 38.1 Å². The van der Waals surface area contributed by atoms with Crippen molar-refractivity contribution in [1.82, 2.24) is 19.2 Å². The Bertz CT molecular complexity index is 1440. The van der Waals surface area contributed by atoms with Crippen LogP contribution in [0, 0.1) is 5.82 Å². The van der Waals surface area contributed by atoms with Crippen LogP contribution in [0.1, 0.15) is 24.4 Å². The molecule has 0 saturated carbocycles. The van der Waals surface area contributed by atoms with Crippen LogP contribution in [0.3, 0.4) is 0 Å². The Balaban J connectivity index is 1.32. The zero-order valence-electron chi connectivity index (χ0n) is 20.0. The van der Waals surface area contributed by atoms with Gasteiger partial charge in [0.15, 0.2) is 0 Å². The largest absolute Gasteiger partial charge is 0.365 e. The van der Waals surface area contributed by atoms with Crippen molar-refractivity contribution in [3.05, 3.63) is 96.1 Å². The van der Waals surface area contributed by atoms with Crippen molar-refractivity contribution in [3.63, 3.8) is 0 Å². The van der Waals surface area contributed by atoms with Crippen LogP contribution in [0.25, 0.3) is 10.9 Å². The fourth-order valence-electron chi connectivity index (χ4n) is 4.45. The van der Waals surface area contributed by atoms with Gasteiger partial charge in [-0.15, -0.1) is 0 Å². The van der Waals surface area contributed by atoms with E-state index >= 15 is 0 Å². The Kier molecular flexibility index (Phi) is 6.95. The second-order valence-corrected chi connectivity index (χ2v) is 10.8. The van der Waals surface area contributed by atoms with Crippen LogP contribution >= 0.6 is 0 Å². The van der Waals surface area contributed by atoms with Gasteiger partial charge in [-0.3, -0.25) is 4.90 Å². The topological polar surface area (TPSA) is 78.4 Å². The number of halogens is 1. The average Bonchev–Trinajstić information content (AvgIpc) is 2.92. The van der Waals surface area contributed by atoms with Crippen molar-refractivity contribution in [2.24, 2.45) is 0 Å². The molecule has 1 aliphatic heterocycles. The molecule has 0 bridgehead atoms. The maximum atomic E-state index is 13.2. The van der Waals surface area contributed by atoms with E-state index < -0.39 is 15.8 Å². The van der Waals surface area contributed by atoms with E-state index in [1.54, 1.807) is 0 Å². The number of fused-ring (bicyclic) bond motifs is 1. The summed E-state index contributed by atoms with van der Waals surface area (Å²) in [6.45, 7) is 4.48. The van der Waals surface area contributed by atoms with Crippen LogP contribution in [0.15, 0.2) is 83.8 Å². The highest BCUT2D eigenvalue weighted by Gasteiger charge is 2.31. The summed E-state index contributed by atoms with van der Waals surface area (Å²) in [7, 11) is -3.66. The highest BCUT2D eigenvalue weighted by Crippen LogP contribution is 2.27. The number of rotatable bonds is 7. The molecule has 1 saturated heterocycles. The molecule has 0 amide bonds. The van der Waals surface area contributed by atoms with Crippen LogP contribution in [-0.2, 0) is 16.6 Å². The normalized spacial score (nSPS) is 16.2. The van der Waals surface area contributed by atoms with Gasteiger partial charge in [-0.1, -0.05) is 42.5 Å². The summed E-state index contributed by atoms with van der Waals surface area (Å²) in [6, 6.07) is 23.0. The quantitative estimate of drug-likeness (QED) is 0.400. The van der Waals surface area contributed by atoms with Crippen molar-refractivity contribution in [2.45, 2.75) is 24.4 Å². The van der Waals surface area contributed by atoms with Gasteiger partial charge in [0.25, 0.3) is 0 Å². The molecule has 1 aromatic heterocycles. The molecular formula is C27H28FN5O2S. The molecule has 1 aliphatic rings. The van der Waals surface area contributed by atoms with Crippen molar-refractivity contribution >= 4 is 26.7 Å². The van der Waals surface area contributed by atoms with E-state index in [0.717, 1.165) is 22.3 Å². The zero-order valence-corrected chi connectivity index (χ0v) is 20.8. The molecule has 5 rings (SSSR count). The smallest absolute Gasteiger partial charge is 0.243 e. The summed E-state index contributed by atoms with van der Waals surface area (Å²) < 4.78 is 40.7. The summed E-state index contributed by atoms with van der Waals surface area (Å²) in [5.74, 6) is 1.02. The molecule has 1 N–H and O–H groups in total. The molecule has 3 aromatic carbocycles. The third-order valence-electron chi connectivity index (χ3n) is 6.57. The van der Waals surface area contributed by atoms with E-state index in [1.807, 2.05) is 42.5 Å². The maximum absolute atomic E-state index is 13.2. The molecule has 0 unspecified atom stereocenters. The molecule has 9 heteroatoms. The molecule has 36 heavy (non-hydrogen) atoms. The third kappa shape index (κ3) is 5.09. The molecule has 0 aliphatic carbocycles. The summed E-state index contributed by atoms with van der Waals surface area (Å²) >= 11 is 0. The molecule has 0 spiro atoms. The van der Waals surface area contributed by atoms with E-state index in [4.69, 9.17) is 9.97 Å². The van der Waals surface area contributed by atoms with Gasteiger partial charge in [0.1, 0.15) is 17.5 Å². The predicted molar refractivity (Wildman–Crippen MR) is 138 cm³/mol. The Morgan fingerprint density at radius 1 is 0.889 bits per heavy atom. The van der Waals surface area contributed by atoms with E-state index in [-0.39, 0.29) is 10.9 Å². The first-order chi connectivity index (χ1) is 17.4. The Morgan fingerprint density at radius 2 is 1.56 bits per heavy atom. The standard InChI is InChI=1S/C27H28FN5O2S/c1-20(32-15-17-33(18-16-32)36(34,35)23-13-11-22(28)12-14-23)26-30-25-10-6-5-9-24(25)27(31-26)29-19-21-7-3-2-4-8-21/h2-14,20H,15-19H2,1H3,(H,29,30,31)/t20-/m1/s1. The molecule has 186 valence electrons. The van der Waals surface area contributed by atoms with Gasteiger partial charge in [-0.2, -0.15) is 4.31 Å². The fraction of sp³-hybridized carbons (Fsp3) is 0.259. The van der Waals surface area contributed by atoms with Crippen molar-refractivity contribution in [1.29, 1.82) is 0 Å². The zero-order chi connectivity index (χ0) is 25.1. The van der Waals surface area contributed by atoms with E-state index in [1.165, 1.54) is 28.6 Å². The number of anilines is 1. The minimum atomic E-state index is -3.66. The minimum Gasteiger partial charge on any atom is -0.365 e. The first-order valence-electron chi connectivity index (χ1n) is 12.0. The lowest BCUT2D eigenvalue weighted by atomic mass is 10.2. The number of hydrogen-bond acceptors (Lipinski definition) is 6. The molecule has 2 heterocycles. The van der Waals surface area contributed by atoms with Gasteiger partial charge in [0.05, 0.1) is 16.5 Å². The molecule has 4 aromatic rings. The van der Waals surface area contributed by atoms with Gasteiger partial charge in [0.2, 0.25) is 10.0 Å². The number of sulfonamides is 1. The van der Waals surface area contributed by atoms with Gasteiger partial charge >= 0.3 is 0 Å². The van der Waals surface area contributed by atoms with Crippen molar-refractivity contribution in [2.75, 3.05) is 31.5 Å². The number of nitrogens with zero attached hydrogens (tertiary/aromatic N) is 4. The summed E-state index contributed by atoms with van der Waals surface area (Å²) in [5.41, 5.74) is 2.02. The van der Waals surface area contributed by atoms with Crippen LogP contribution in [0.2, 0.25) is 0 Å². The second-order valence-electron chi connectivity index (χ2n) is 8.86. The van der Waals surface area contributed by atoms with Crippen molar-refractivity contribution in [3.8, 4) is 0 Å². The first-order valence-corrected chi connectivity index (χ1v) is 13.4. The predicted octanol–water partition coefficient (Wildman–Crippen LogP) is 4.45. The maximum Gasteiger partial charge on any atom is 0.243 e. The SMILES string of the molecule is C[C@H](c1nc(NCc2ccccc2)c2ccccc2n1)N1CCN(S(=O)(=O)c2ccc(F)cc2)CC1. The summed E-state index contributed by atoms with van der Waals surface area (Å²) in [5, 5.41) is 4.43. The highest BCUT2D eigenvalue weighted by atomic mass is 32.2. The number of nitrogens with one attached hydrogen (secondary N) is 1. The highest BCUT2D eigenvalue weighted by molar-refractivity contribution is 7.89. The number of piperazine rings is 1. The number of benzene rings is 3. The van der Waals surface area contributed by atoms with Crippen LogP contribution < -0.4 is 5.32 Å². The monoisotopic (exact) mass is 505 g/mol. The lowest BCUT2D eigenvalue weighted by molar-refractivity contribution is 0.141. The molecular weight excluding hydrogens is 477 g/mol. The lowest BCUT2D eigenvalue weighted by Crippen LogP contribution is -2.49. The molecule has 1 atom stereocenters. The minimum absolute atomic E-state index is 0.0949. The Hall–Kier alpha value is -3.40. The van der Waals surface area contributed by atoms with E-state index in [9.17, 15) is 12.8 Å². The number of aromatic nitrogens is 2. The lowest BCUT2D eigenvalue weighted by Gasteiger charge is -2.36. The Morgan fingerprint density at radius 3 is 2.28 bits per heavy atom. The van der Waals surface area contributed by atoms with Crippen molar-refractivity contribution < 1.29 is 12.8 Å². The van der Waals surface area contributed by atoms with Gasteiger partial charge < -0.3 is 5.32 Å². The average molecular weight is 506 g/mol. The summed E-state index contributed by atoms with van der Waals surface area (Å²) in [4.78, 5) is 12.0. The first kappa shape index (κ1) is 24.3. The van der Waals surface area contributed by atoms with Crippen LogP contribution in [0.5, 0.6) is 0 Å². The molecule has 7 nitrogen and oxygen atoms in total. The Labute approximate surface area is 210 Å². The third-order valence-corrected chi connectivity index (χ3v) is 8.48. The van der Waals surface area contributed by atoms with E-state index in [0.29, 0.717) is 38.5 Å². The van der Waals surface area contributed by atoms with E-state index in [2.05, 4.69) is 29.3 Å².